The van der Waals surface area contributed by atoms with Crippen LogP contribution in [0, 0.1) is 0 Å². The second-order valence-corrected chi connectivity index (χ2v) is 11.2. The number of carbonyl (C=O) groups excluding carboxylic acids is 1. The van der Waals surface area contributed by atoms with Crippen molar-refractivity contribution in [2.75, 3.05) is 27.2 Å². The Labute approximate surface area is 237 Å². The van der Waals surface area contributed by atoms with Gasteiger partial charge in [-0.15, -0.1) is 0 Å². The summed E-state index contributed by atoms with van der Waals surface area (Å²) in [7, 11) is 3.13. The zero-order chi connectivity index (χ0) is 30.0. The van der Waals surface area contributed by atoms with Crippen molar-refractivity contribution < 1.29 is 54.0 Å². The van der Waals surface area contributed by atoms with E-state index in [1.165, 1.54) is 0 Å². The molecule has 4 rings (SSSR count). The molecule has 41 heavy (non-hydrogen) atoms. The van der Waals surface area contributed by atoms with Crippen LogP contribution in [-0.4, -0.2) is 157 Å². The molecule has 4 aliphatic rings. The van der Waals surface area contributed by atoms with Crippen molar-refractivity contribution in [3.8, 4) is 0 Å². The molecule has 3 aliphatic heterocycles. The zero-order valence-electron chi connectivity index (χ0n) is 23.2. The molecule has 0 spiro atoms. The molecule has 0 radical (unpaired) electrons. The molecule has 14 N–H and O–H groups in total. The van der Waals surface area contributed by atoms with Crippen molar-refractivity contribution in [2.24, 2.45) is 17.2 Å². The normalized spacial score (nSPS) is 48.8. The van der Waals surface area contributed by atoms with E-state index in [1.807, 2.05) is 0 Å². The van der Waals surface area contributed by atoms with Crippen molar-refractivity contribution in [3.05, 3.63) is 0 Å². The van der Waals surface area contributed by atoms with Crippen molar-refractivity contribution in [2.45, 2.75) is 117 Å². The third kappa shape index (κ3) is 7.17. The molecule has 238 valence electrons. The van der Waals surface area contributed by atoms with Gasteiger partial charge in [-0.25, -0.2) is 0 Å². The third-order valence-electron chi connectivity index (χ3n) is 8.18. The number of rotatable bonds is 9. The number of aliphatic hydroxyl groups is 5. The summed E-state index contributed by atoms with van der Waals surface area (Å²) < 4.78 is 29.7. The number of nitrogens with two attached hydrogens (primary N) is 3. The number of hydrogen-bond donors (Lipinski definition) is 11. The fraction of sp³-hybridized carbons (Fsp3) is 0.958. The Balaban J connectivity index is 1.41. The largest absolute Gasteiger partial charge is 0.394 e. The molecule has 0 aromatic carbocycles. The lowest BCUT2D eigenvalue weighted by molar-refractivity contribution is -0.373. The average Bonchev–Trinajstić information content (AvgIpc) is 2.91. The van der Waals surface area contributed by atoms with Gasteiger partial charge in [0, 0.05) is 12.1 Å². The molecule has 17 nitrogen and oxygen atoms in total. The summed E-state index contributed by atoms with van der Waals surface area (Å²) in [5, 5.41) is 61.1. The summed E-state index contributed by atoms with van der Waals surface area (Å²) in [5.74, 6) is -0.468. The number of carbonyl (C=O) groups is 1. The highest BCUT2D eigenvalue weighted by molar-refractivity contribution is 5.78. The number of fused-ring (bicyclic) bond motifs is 1. The fourth-order valence-electron chi connectivity index (χ4n) is 6.03. The quantitative estimate of drug-likeness (QED) is 0.118. The first-order valence-corrected chi connectivity index (χ1v) is 14.0. The van der Waals surface area contributed by atoms with Crippen molar-refractivity contribution >= 4 is 5.91 Å². The smallest absolute Gasteiger partial charge is 0.234 e. The molecule has 3 heterocycles. The van der Waals surface area contributed by atoms with Crippen LogP contribution in [0.3, 0.4) is 0 Å². The minimum absolute atomic E-state index is 0.0457. The molecule has 17 heteroatoms. The molecule has 9 unspecified atom stereocenters. The Kier molecular flexibility index (Phi) is 11.3. The minimum atomic E-state index is -1.63. The first-order chi connectivity index (χ1) is 19.5. The molecule has 0 aromatic rings. The summed E-state index contributed by atoms with van der Waals surface area (Å²) in [5.41, 5.74) is 18.4. The Morgan fingerprint density at radius 1 is 0.854 bits per heavy atom. The summed E-state index contributed by atoms with van der Waals surface area (Å²) >= 11 is 0. The van der Waals surface area contributed by atoms with Crippen LogP contribution < -0.4 is 33.2 Å². The van der Waals surface area contributed by atoms with Gasteiger partial charge in [0.25, 0.3) is 0 Å². The number of ether oxygens (including phenoxy) is 5. The van der Waals surface area contributed by atoms with Crippen LogP contribution in [0.1, 0.15) is 19.3 Å². The SMILES string of the molecule is CNCC(=O)N[C@@H]1C(CO)O[C@H](OC2O[C@H]3CC(N)[C@@H](O[C@@H]4C(N)C[C@@H](N)C[C@H]4O)OC3C(O)C2NC)C(O)C1O. The molecule has 4 fully saturated rings. The highest BCUT2D eigenvalue weighted by Crippen LogP contribution is 2.35. The minimum Gasteiger partial charge on any atom is -0.394 e. The second kappa shape index (κ2) is 14.1. The zero-order valence-corrected chi connectivity index (χ0v) is 23.2. The van der Waals surface area contributed by atoms with E-state index in [2.05, 4.69) is 16.0 Å². The maximum absolute atomic E-state index is 12.0. The molecule has 16 atom stereocenters. The number of nitrogens with one attached hydrogen (secondary N) is 3. The van der Waals surface area contributed by atoms with E-state index < -0.39 is 104 Å². The van der Waals surface area contributed by atoms with E-state index >= 15 is 0 Å². The molecule has 1 amide bonds. The average molecular weight is 595 g/mol. The van der Waals surface area contributed by atoms with E-state index in [-0.39, 0.29) is 19.0 Å². The van der Waals surface area contributed by atoms with Gasteiger partial charge in [-0.3, -0.25) is 4.79 Å². The monoisotopic (exact) mass is 594 g/mol. The molecular formula is C24H46N6O11. The van der Waals surface area contributed by atoms with Gasteiger partial charge in [-0.05, 0) is 33.4 Å². The van der Waals surface area contributed by atoms with Crippen LogP contribution >= 0.6 is 0 Å². The lowest BCUT2D eigenvalue weighted by atomic mass is 9.86. The van der Waals surface area contributed by atoms with Gasteiger partial charge in [0.05, 0.1) is 43.5 Å². The predicted molar refractivity (Wildman–Crippen MR) is 140 cm³/mol. The highest BCUT2D eigenvalue weighted by Gasteiger charge is 2.54. The van der Waals surface area contributed by atoms with Crippen LogP contribution in [0.4, 0.5) is 0 Å². The Morgan fingerprint density at radius 2 is 1.59 bits per heavy atom. The summed E-state index contributed by atoms with van der Waals surface area (Å²) in [6.45, 7) is -0.631. The van der Waals surface area contributed by atoms with Crippen LogP contribution in [0.15, 0.2) is 0 Å². The van der Waals surface area contributed by atoms with Gasteiger partial charge in [0.2, 0.25) is 5.91 Å². The fourth-order valence-corrected chi connectivity index (χ4v) is 6.03. The van der Waals surface area contributed by atoms with E-state index in [9.17, 15) is 30.3 Å². The molecule has 1 saturated carbocycles. The number of aliphatic hydroxyl groups excluding tert-OH is 5. The van der Waals surface area contributed by atoms with Gasteiger partial charge in [0.1, 0.15) is 36.6 Å². The van der Waals surface area contributed by atoms with Crippen molar-refractivity contribution in [3.63, 3.8) is 0 Å². The van der Waals surface area contributed by atoms with Gasteiger partial charge >= 0.3 is 0 Å². The lowest BCUT2D eigenvalue weighted by Gasteiger charge is -2.51. The number of likely N-dealkylation sites (N-methyl/N-ethyl adjacent to an activating group) is 2. The summed E-state index contributed by atoms with van der Waals surface area (Å²) in [6.07, 6.45) is -11.4. The van der Waals surface area contributed by atoms with Gasteiger partial charge in [0.15, 0.2) is 18.9 Å². The second-order valence-electron chi connectivity index (χ2n) is 11.2. The van der Waals surface area contributed by atoms with Gasteiger partial charge < -0.3 is 82.4 Å². The standard InChI is InChI=1S/C24H46N6O11/c1-28-6-14(33)30-15-13(7-31)38-24(19(36)17(15)34)41-23-16(29-2)18(35)21-12(37-23)5-10(27)22(40-21)39-20-9(26)3-8(25)4-11(20)32/h8-13,15-24,28-29,31-32,34-36H,3-7,25-27H2,1-2H3,(H,30,33)/t8-,9?,10?,11-,12+,13?,15-,16?,17?,18?,19?,20-,21?,22+,23?,24-/m1/s1. The highest BCUT2D eigenvalue weighted by atomic mass is 16.8. The molecule has 1 aliphatic carbocycles. The maximum atomic E-state index is 12.0. The first-order valence-electron chi connectivity index (χ1n) is 14.0. The van der Waals surface area contributed by atoms with Crippen LogP contribution in [-0.2, 0) is 28.5 Å². The predicted octanol–water partition coefficient (Wildman–Crippen LogP) is -6.54. The summed E-state index contributed by atoms with van der Waals surface area (Å²) in [4.78, 5) is 12.0. The summed E-state index contributed by atoms with van der Waals surface area (Å²) in [6, 6.07) is -3.46. The number of amides is 1. The maximum Gasteiger partial charge on any atom is 0.234 e. The third-order valence-corrected chi connectivity index (χ3v) is 8.18. The van der Waals surface area contributed by atoms with Crippen LogP contribution in [0.5, 0.6) is 0 Å². The van der Waals surface area contributed by atoms with E-state index in [0.29, 0.717) is 12.8 Å². The van der Waals surface area contributed by atoms with Crippen LogP contribution in [0.25, 0.3) is 0 Å². The molecule has 3 saturated heterocycles. The van der Waals surface area contributed by atoms with E-state index in [4.69, 9.17) is 40.9 Å². The van der Waals surface area contributed by atoms with Gasteiger partial charge in [-0.2, -0.15) is 0 Å². The lowest BCUT2D eigenvalue weighted by Crippen LogP contribution is -2.70. The van der Waals surface area contributed by atoms with E-state index in [1.54, 1.807) is 14.1 Å². The van der Waals surface area contributed by atoms with Gasteiger partial charge in [-0.1, -0.05) is 0 Å². The number of hydrogen-bond acceptors (Lipinski definition) is 16. The molecular weight excluding hydrogens is 548 g/mol. The first kappa shape index (κ1) is 32.8. The molecule has 0 aromatic heterocycles. The Morgan fingerprint density at radius 3 is 2.22 bits per heavy atom. The Hall–Kier alpha value is -1.13. The molecule has 0 bridgehead atoms. The van der Waals surface area contributed by atoms with Crippen molar-refractivity contribution in [1.29, 1.82) is 0 Å². The van der Waals surface area contributed by atoms with Crippen molar-refractivity contribution in [1.82, 2.24) is 16.0 Å². The topological polar surface area (TPSA) is 279 Å². The van der Waals surface area contributed by atoms with Crippen LogP contribution in [0.2, 0.25) is 0 Å². The Bertz CT molecular complexity index is 849. The van der Waals surface area contributed by atoms with E-state index in [0.717, 1.165) is 0 Å².